The molecule has 1 aromatic rings. The van der Waals surface area contributed by atoms with Gasteiger partial charge in [-0.3, -0.25) is 4.21 Å². The van der Waals surface area contributed by atoms with E-state index >= 15 is 0 Å². The SMILES string of the molecule is Cc1ccccc1CS(=O)C1CCCCC1N. The average molecular weight is 251 g/mol. The van der Waals surface area contributed by atoms with E-state index < -0.39 is 10.8 Å². The van der Waals surface area contributed by atoms with Crippen LogP contribution in [0.1, 0.15) is 36.8 Å². The van der Waals surface area contributed by atoms with E-state index in [1.807, 2.05) is 12.1 Å². The zero-order valence-electron chi connectivity index (χ0n) is 10.4. The molecule has 0 radical (unpaired) electrons. The third kappa shape index (κ3) is 3.17. The molecule has 2 nitrogen and oxygen atoms in total. The predicted octanol–water partition coefficient (Wildman–Crippen LogP) is 2.51. The Kier molecular flexibility index (Phi) is 4.35. The van der Waals surface area contributed by atoms with E-state index in [9.17, 15) is 4.21 Å². The largest absolute Gasteiger partial charge is 0.327 e. The van der Waals surface area contributed by atoms with Crippen molar-refractivity contribution in [2.45, 2.75) is 49.7 Å². The quantitative estimate of drug-likeness (QED) is 0.897. The summed E-state index contributed by atoms with van der Waals surface area (Å²) in [6.07, 6.45) is 4.43. The van der Waals surface area contributed by atoms with E-state index in [1.54, 1.807) is 0 Å². The lowest BCUT2D eigenvalue weighted by Gasteiger charge is -2.27. The summed E-state index contributed by atoms with van der Waals surface area (Å²) in [4.78, 5) is 0. The van der Waals surface area contributed by atoms with Crippen molar-refractivity contribution < 1.29 is 4.21 Å². The van der Waals surface area contributed by atoms with E-state index in [2.05, 4.69) is 19.1 Å². The van der Waals surface area contributed by atoms with Gasteiger partial charge in [-0.2, -0.15) is 0 Å². The van der Waals surface area contributed by atoms with Gasteiger partial charge in [-0.25, -0.2) is 0 Å². The molecule has 94 valence electrons. The highest BCUT2D eigenvalue weighted by Crippen LogP contribution is 2.23. The summed E-state index contributed by atoms with van der Waals surface area (Å²) in [5, 5.41) is 0.198. The molecule has 1 fully saturated rings. The Morgan fingerprint density at radius 1 is 1.29 bits per heavy atom. The van der Waals surface area contributed by atoms with Gasteiger partial charge in [0, 0.05) is 22.6 Å². The fourth-order valence-corrected chi connectivity index (χ4v) is 4.28. The molecule has 3 unspecified atom stereocenters. The molecular formula is C14H21NOS. The fraction of sp³-hybridized carbons (Fsp3) is 0.571. The summed E-state index contributed by atoms with van der Waals surface area (Å²) in [7, 11) is -0.823. The second kappa shape index (κ2) is 5.78. The van der Waals surface area contributed by atoms with Gasteiger partial charge in [-0.05, 0) is 30.9 Å². The molecule has 17 heavy (non-hydrogen) atoms. The maximum atomic E-state index is 12.4. The van der Waals surface area contributed by atoms with Crippen LogP contribution in [0.5, 0.6) is 0 Å². The molecule has 0 saturated heterocycles. The molecule has 2 N–H and O–H groups in total. The average Bonchev–Trinajstić information content (AvgIpc) is 2.32. The molecule has 0 spiro atoms. The van der Waals surface area contributed by atoms with Crippen LogP contribution in [0.25, 0.3) is 0 Å². The van der Waals surface area contributed by atoms with Crippen LogP contribution in [0.2, 0.25) is 0 Å². The first-order valence-corrected chi connectivity index (χ1v) is 7.74. The lowest BCUT2D eigenvalue weighted by atomic mass is 9.96. The van der Waals surface area contributed by atoms with Gasteiger partial charge in [0.25, 0.3) is 0 Å². The van der Waals surface area contributed by atoms with Crippen LogP contribution in [0, 0.1) is 6.92 Å². The van der Waals surface area contributed by atoms with Gasteiger partial charge in [0.2, 0.25) is 0 Å². The van der Waals surface area contributed by atoms with Gasteiger partial charge in [-0.15, -0.1) is 0 Å². The highest BCUT2D eigenvalue weighted by Gasteiger charge is 2.27. The van der Waals surface area contributed by atoms with Gasteiger partial charge in [0.1, 0.15) is 0 Å². The highest BCUT2D eigenvalue weighted by molar-refractivity contribution is 7.84. The molecule has 3 heteroatoms. The Morgan fingerprint density at radius 3 is 2.71 bits per heavy atom. The van der Waals surface area contributed by atoms with E-state index in [1.165, 1.54) is 24.0 Å². The standard InChI is InChI=1S/C14H21NOS/c1-11-6-2-3-7-12(11)10-17(16)14-9-5-4-8-13(14)15/h2-3,6-7,13-14H,4-5,8-10,15H2,1H3. The summed E-state index contributed by atoms with van der Waals surface area (Å²) < 4.78 is 12.4. The van der Waals surface area contributed by atoms with Crippen LogP contribution in [-0.2, 0) is 16.6 Å². The second-order valence-corrected chi connectivity index (χ2v) is 6.59. The summed E-state index contributed by atoms with van der Waals surface area (Å²) in [6, 6.07) is 8.32. The second-order valence-electron chi connectivity index (χ2n) is 4.94. The maximum absolute atomic E-state index is 12.4. The maximum Gasteiger partial charge on any atom is 0.0502 e. The minimum atomic E-state index is -0.823. The van der Waals surface area contributed by atoms with Crippen molar-refractivity contribution in [3.05, 3.63) is 35.4 Å². The molecule has 0 aliphatic heterocycles. The van der Waals surface area contributed by atoms with Crippen LogP contribution in [0.3, 0.4) is 0 Å². The lowest BCUT2D eigenvalue weighted by molar-refractivity contribution is 0.445. The summed E-state index contributed by atoms with van der Waals surface area (Å²) in [6.45, 7) is 2.08. The first kappa shape index (κ1) is 12.8. The molecule has 1 aromatic carbocycles. The number of hydrogen-bond acceptors (Lipinski definition) is 2. The van der Waals surface area contributed by atoms with Crippen molar-refractivity contribution in [2.75, 3.05) is 0 Å². The minimum absolute atomic E-state index is 0.133. The first-order chi connectivity index (χ1) is 8.18. The van der Waals surface area contributed by atoms with Crippen LogP contribution in [-0.4, -0.2) is 15.5 Å². The van der Waals surface area contributed by atoms with Crippen molar-refractivity contribution in [1.82, 2.24) is 0 Å². The monoisotopic (exact) mass is 251 g/mol. The van der Waals surface area contributed by atoms with E-state index in [0.29, 0.717) is 5.75 Å². The Morgan fingerprint density at radius 2 is 2.00 bits per heavy atom. The summed E-state index contributed by atoms with van der Waals surface area (Å²) in [5.74, 6) is 0.658. The normalized spacial score (nSPS) is 26.7. The van der Waals surface area contributed by atoms with Crippen molar-refractivity contribution in [1.29, 1.82) is 0 Å². The third-order valence-electron chi connectivity index (χ3n) is 3.65. The van der Waals surface area contributed by atoms with Crippen molar-refractivity contribution in [3.63, 3.8) is 0 Å². The van der Waals surface area contributed by atoms with Crippen LogP contribution in [0.4, 0.5) is 0 Å². The molecule has 1 saturated carbocycles. The molecule has 0 bridgehead atoms. The summed E-state index contributed by atoms with van der Waals surface area (Å²) in [5.41, 5.74) is 8.50. The van der Waals surface area contributed by atoms with E-state index in [0.717, 1.165) is 12.8 Å². The number of benzene rings is 1. The molecule has 1 aliphatic carbocycles. The Hall–Kier alpha value is -0.670. The van der Waals surface area contributed by atoms with E-state index in [-0.39, 0.29) is 11.3 Å². The topological polar surface area (TPSA) is 43.1 Å². The van der Waals surface area contributed by atoms with E-state index in [4.69, 9.17) is 5.73 Å². The molecule has 0 aromatic heterocycles. The zero-order valence-corrected chi connectivity index (χ0v) is 11.2. The van der Waals surface area contributed by atoms with Crippen LogP contribution < -0.4 is 5.73 Å². The molecular weight excluding hydrogens is 230 g/mol. The van der Waals surface area contributed by atoms with Crippen molar-refractivity contribution in [3.8, 4) is 0 Å². The van der Waals surface area contributed by atoms with Gasteiger partial charge >= 0.3 is 0 Å². The fourth-order valence-electron chi connectivity index (χ4n) is 2.48. The smallest absolute Gasteiger partial charge is 0.0502 e. The molecule has 1 aliphatic rings. The third-order valence-corrected chi connectivity index (χ3v) is 5.51. The molecule has 3 atom stereocenters. The minimum Gasteiger partial charge on any atom is -0.327 e. The van der Waals surface area contributed by atoms with Gasteiger partial charge in [0.15, 0.2) is 0 Å². The van der Waals surface area contributed by atoms with Crippen LogP contribution >= 0.6 is 0 Å². The number of rotatable bonds is 3. The Bertz CT molecular complexity index is 405. The van der Waals surface area contributed by atoms with Gasteiger partial charge in [-0.1, -0.05) is 37.1 Å². The number of aryl methyl sites for hydroxylation is 1. The van der Waals surface area contributed by atoms with Gasteiger partial charge in [0.05, 0.1) is 5.25 Å². The van der Waals surface area contributed by atoms with Crippen LogP contribution in [0.15, 0.2) is 24.3 Å². The number of nitrogens with two attached hydrogens (primary N) is 1. The molecule has 0 heterocycles. The van der Waals surface area contributed by atoms with Gasteiger partial charge < -0.3 is 5.73 Å². The molecule has 0 amide bonds. The van der Waals surface area contributed by atoms with Crippen molar-refractivity contribution >= 4 is 10.8 Å². The Labute approximate surface area is 106 Å². The predicted molar refractivity (Wildman–Crippen MR) is 73.3 cm³/mol. The van der Waals surface area contributed by atoms with Crippen molar-refractivity contribution in [2.24, 2.45) is 5.73 Å². The lowest BCUT2D eigenvalue weighted by Crippen LogP contribution is -2.40. The molecule has 2 rings (SSSR count). The number of hydrogen-bond donors (Lipinski definition) is 1. The highest BCUT2D eigenvalue weighted by atomic mass is 32.2. The summed E-state index contributed by atoms with van der Waals surface area (Å²) >= 11 is 0. The zero-order chi connectivity index (χ0) is 12.3. The first-order valence-electron chi connectivity index (χ1n) is 6.36. The Balaban J connectivity index is 2.03.